The molecule has 128 valence electrons. The summed E-state index contributed by atoms with van der Waals surface area (Å²) in [6.45, 7) is 6.12. The summed E-state index contributed by atoms with van der Waals surface area (Å²) in [5, 5.41) is 0.979. The van der Waals surface area contributed by atoms with Crippen LogP contribution in [0.25, 0.3) is 10.9 Å². The lowest BCUT2D eigenvalue weighted by Gasteiger charge is -2.35. The first-order chi connectivity index (χ1) is 11.5. The van der Waals surface area contributed by atoms with Gasteiger partial charge in [-0.05, 0) is 18.2 Å². The third-order valence-corrected chi connectivity index (χ3v) is 4.43. The average Bonchev–Trinajstić information content (AvgIpc) is 3.03. The van der Waals surface area contributed by atoms with Crippen LogP contribution in [0, 0.1) is 5.92 Å². The number of ether oxygens (including phenoxy) is 1. The molecule has 2 heterocycles. The number of hydrogen-bond acceptors (Lipinski definition) is 3. The molecule has 1 aliphatic rings. The van der Waals surface area contributed by atoms with E-state index in [0.29, 0.717) is 31.9 Å². The van der Waals surface area contributed by atoms with Crippen LogP contribution in [0.15, 0.2) is 24.3 Å². The van der Waals surface area contributed by atoms with E-state index in [2.05, 4.69) is 4.98 Å². The van der Waals surface area contributed by atoms with Gasteiger partial charge >= 0.3 is 0 Å². The van der Waals surface area contributed by atoms with E-state index in [1.54, 1.807) is 12.0 Å². The van der Waals surface area contributed by atoms with Crippen LogP contribution in [0.3, 0.4) is 0 Å². The van der Waals surface area contributed by atoms with Gasteiger partial charge in [0.1, 0.15) is 11.4 Å². The van der Waals surface area contributed by atoms with E-state index in [4.69, 9.17) is 4.74 Å². The van der Waals surface area contributed by atoms with Crippen LogP contribution in [-0.2, 0) is 4.79 Å². The number of nitrogens with zero attached hydrogens (tertiary/aromatic N) is 2. The predicted molar refractivity (Wildman–Crippen MR) is 92.2 cm³/mol. The molecular weight excluding hydrogens is 306 g/mol. The molecule has 0 spiro atoms. The van der Waals surface area contributed by atoms with Gasteiger partial charge in [-0.2, -0.15) is 0 Å². The van der Waals surface area contributed by atoms with Crippen molar-refractivity contribution in [1.82, 2.24) is 14.8 Å². The third kappa shape index (κ3) is 3.09. The fourth-order valence-corrected chi connectivity index (χ4v) is 3.01. The minimum Gasteiger partial charge on any atom is -0.497 e. The number of carbonyl (C=O) groups excluding carboxylic acids is 2. The number of aromatic amines is 1. The molecule has 24 heavy (non-hydrogen) atoms. The zero-order chi connectivity index (χ0) is 17.3. The number of nitrogens with one attached hydrogen (secondary N) is 1. The smallest absolute Gasteiger partial charge is 0.270 e. The summed E-state index contributed by atoms with van der Waals surface area (Å²) >= 11 is 0. The molecular formula is C18H23N3O3. The first-order valence-corrected chi connectivity index (χ1v) is 8.24. The van der Waals surface area contributed by atoms with Gasteiger partial charge in [0.05, 0.1) is 7.11 Å². The number of fused-ring (bicyclic) bond motifs is 1. The Hall–Kier alpha value is -2.50. The number of amides is 2. The molecule has 1 fully saturated rings. The summed E-state index contributed by atoms with van der Waals surface area (Å²) in [4.78, 5) is 31.5. The van der Waals surface area contributed by atoms with Gasteiger partial charge in [0.25, 0.3) is 5.91 Å². The van der Waals surface area contributed by atoms with Crippen LogP contribution in [0.4, 0.5) is 0 Å². The zero-order valence-electron chi connectivity index (χ0n) is 14.3. The summed E-state index contributed by atoms with van der Waals surface area (Å²) in [7, 11) is 1.62. The van der Waals surface area contributed by atoms with Crippen LogP contribution in [-0.4, -0.2) is 59.9 Å². The van der Waals surface area contributed by atoms with Crippen molar-refractivity contribution >= 4 is 22.7 Å². The van der Waals surface area contributed by atoms with E-state index < -0.39 is 0 Å². The molecule has 0 bridgehead atoms. The summed E-state index contributed by atoms with van der Waals surface area (Å²) in [6, 6.07) is 7.55. The van der Waals surface area contributed by atoms with Crippen LogP contribution in [0.5, 0.6) is 5.75 Å². The Morgan fingerprint density at radius 3 is 2.38 bits per heavy atom. The zero-order valence-corrected chi connectivity index (χ0v) is 14.3. The fourth-order valence-electron chi connectivity index (χ4n) is 3.01. The summed E-state index contributed by atoms with van der Waals surface area (Å²) in [5.41, 5.74) is 1.45. The number of methoxy groups -OCH3 is 1. The Labute approximate surface area is 141 Å². The normalized spacial score (nSPS) is 15.2. The maximum Gasteiger partial charge on any atom is 0.270 e. The number of benzene rings is 1. The van der Waals surface area contributed by atoms with Crippen LogP contribution in [0.2, 0.25) is 0 Å². The highest BCUT2D eigenvalue weighted by atomic mass is 16.5. The molecule has 1 aliphatic heterocycles. The van der Waals surface area contributed by atoms with Gasteiger partial charge < -0.3 is 19.5 Å². The van der Waals surface area contributed by atoms with Crippen molar-refractivity contribution < 1.29 is 14.3 Å². The molecule has 0 saturated carbocycles. The summed E-state index contributed by atoms with van der Waals surface area (Å²) in [6.07, 6.45) is 0. The van der Waals surface area contributed by atoms with Gasteiger partial charge in [-0.1, -0.05) is 13.8 Å². The number of hydrogen-bond donors (Lipinski definition) is 1. The van der Waals surface area contributed by atoms with Gasteiger partial charge in [-0.3, -0.25) is 9.59 Å². The maximum absolute atomic E-state index is 12.7. The van der Waals surface area contributed by atoms with E-state index in [9.17, 15) is 9.59 Å². The van der Waals surface area contributed by atoms with Crippen molar-refractivity contribution in [2.45, 2.75) is 13.8 Å². The van der Waals surface area contributed by atoms with Gasteiger partial charge in [0.2, 0.25) is 5.91 Å². The molecule has 3 rings (SSSR count). The van der Waals surface area contributed by atoms with E-state index in [0.717, 1.165) is 16.7 Å². The second-order valence-electron chi connectivity index (χ2n) is 6.41. The number of piperazine rings is 1. The molecule has 0 unspecified atom stereocenters. The van der Waals surface area contributed by atoms with E-state index in [-0.39, 0.29) is 17.7 Å². The second-order valence-corrected chi connectivity index (χ2v) is 6.41. The first-order valence-electron chi connectivity index (χ1n) is 8.24. The molecule has 1 saturated heterocycles. The largest absolute Gasteiger partial charge is 0.497 e. The molecule has 2 aromatic rings. The Kier molecular flexibility index (Phi) is 4.46. The van der Waals surface area contributed by atoms with Gasteiger partial charge in [0, 0.05) is 49.1 Å². The average molecular weight is 329 g/mol. The van der Waals surface area contributed by atoms with Crippen molar-refractivity contribution in [2.75, 3.05) is 33.3 Å². The first kappa shape index (κ1) is 16.4. The molecule has 0 aliphatic carbocycles. The lowest BCUT2D eigenvalue weighted by molar-refractivity contribution is -0.135. The Balaban J connectivity index is 1.70. The highest BCUT2D eigenvalue weighted by Crippen LogP contribution is 2.22. The monoisotopic (exact) mass is 329 g/mol. The lowest BCUT2D eigenvalue weighted by Crippen LogP contribution is -2.51. The number of rotatable bonds is 3. The highest BCUT2D eigenvalue weighted by Gasteiger charge is 2.26. The van der Waals surface area contributed by atoms with E-state index >= 15 is 0 Å². The van der Waals surface area contributed by atoms with Crippen LogP contribution < -0.4 is 4.74 Å². The van der Waals surface area contributed by atoms with E-state index in [1.807, 2.05) is 43.0 Å². The Morgan fingerprint density at radius 1 is 1.08 bits per heavy atom. The molecule has 1 N–H and O–H groups in total. The van der Waals surface area contributed by atoms with Crippen molar-refractivity contribution in [3.63, 3.8) is 0 Å². The van der Waals surface area contributed by atoms with Crippen molar-refractivity contribution in [3.05, 3.63) is 30.0 Å². The quantitative estimate of drug-likeness (QED) is 0.938. The van der Waals surface area contributed by atoms with Gasteiger partial charge in [0.15, 0.2) is 0 Å². The molecule has 6 nitrogen and oxygen atoms in total. The third-order valence-electron chi connectivity index (χ3n) is 4.43. The Morgan fingerprint density at radius 2 is 1.75 bits per heavy atom. The number of aromatic nitrogens is 1. The highest BCUT2D eigenvalue weighted by molar-refractivity contribution is 5.98. The van der Waals surface area contributed by atoms with Gasteiger partial charge in [-0.25, -0.2) is 0 Å². The number of carbonyl (C=O) groups is 2. The molecule has 6 heteroatoms. The fraction of sp³-hybridized carbons (Fsp3) is 0.444. The SMILES string of the molecule is COc1ccc2cc(C(=O)N3CCN(C(=O)C(C)C)CC3)[nH]c2c1. The number of H-pyrrole nitrogens is 1. The van der Waals surface area contributed by atoms with Crippen LogP contribution in [0.1, 0.15) is 24.3 Å². The molecule has 1 aromatic carbocycles. The molecule has 1 aromatic heterocycles. The topological polar surface area (TPSA) is 65.6 Å². The molecule has 0 radical (unpaired) electrons. The lowest BCUT2D eigenvalue weighted by atomic mass is 10.1. The minimum absolute atomic E-state index is 0.00376. The van der Waals surface area contributed by atoms with Crippen LogP contribution >= 0.6 is 0 Å². The molecule has 0 atom stereocenters. The molecule has 2 amide bonds. The Bertz CT molecular complexity index is 758. The van der Waals surface area contributed by atoms with Crippen molar-refractivity contribution in [2.24, 2.45) is 5.92 Å². The predicted octanol–water partition coefficient (Wildman–Crippen LogP) is 2.12. The van der Waals surface area contributed by atoms with Gasteiger partial charge in [-0.15, -0.1) is 0 Å². The van der Waals surface area contributed by atoms with Crippen molar-refractivity contribution in [3.8, 4) is 5.75 Å². The van der Waals surface area contributed by atoms with E-state index in [1.165, 1.54) is 0 Å². The summed E-state index contributed by atoms with van der Waals surface area (Å²) < 4.78 is 5.21. The minimum atomic E-state index is -0.0261. The summed E-state index contributed by atoms with van der Waals surface area (Å²) in [5.74, 6) is 0.877. The standard InChI is InChI=1S/C18H23N3O3/c1-12(2)17(22)20-6-8-21(9-7-20)18(23)16-10-13-4-5-14(24-3)11-15(13)19-16/h4-5,10-12,19H,6-9H2,1-3H3. The maximum atomic E-state index is 12.7. The van der Waals surface area contributed by atoms with Crippen molar-refractivity contribution in [1.29, 1.82) is 0 Å². The second kappa shape index (κ2) is 6.55.